The second kappa shape index (κ2) is 10.5. The molecule has 0 aromatic heterocycles. The number of carbonyl (C=O) groups excluding carboxylic acids is 1. The number of rotatable bonds is 8. The second-order valence-electron chi connectivity index (χ2n) is 6.82. The molecule has 28 heavy (non-hydrogen) atoms. The van der Waals surface area contributed by atoms with Gasteiger partial charge in [-0.3, -0.25) is 9.69 Å². The zero-order valence-electron chi connectivity index (χ0n) is 16.5. The van der Waals surface area contributed by atoms with E-state index in [-0.39, 0.29) is 18.0 Å². The van der Waals surface area contributed by atoms with Crippen molar-refractivity contribution in [2.24, 2.45) is 0 Å². The van der Waals surface area contributed by atoms with Gasteiger partial charge in [0.15, 0.2) is 0 Å². The van der Waals surface area contributed by atoms with Crippen LogP contribution in [-0.2, 0) is 9.53 Å². The Balaban J connectivity index is 1.60. The van der Waals surface area contributed by atoms with Crippen LogP contribution in [-0.4, -0.2) is 56.0 Å². The Morgan fingerprint density at radius 3 is 2.46 bits per heavy atom. The molecule has 1 fully saturated rings. The summed E-state index contributed by atoms with van der Waals surface area (Å²) in [5, 5.41) is 3.20. The number of ether oxygens (including phenoxy) is 2. The fraction of sp³-hybridized carbons (Fsp3) is 0.409. The summed E-state index contributed by atoms with van der Waals surface area (Å²) in [4.78, 5) is 16.0. The minimum atomic E-state index is 0.00414. The molecule has 2 atom stereocenters. The Bertz CT molecular complexity index is 733. The largest absolute Gasteiger partial charge is 0.497 e. The van der Waals surface area contributed by atoms with Crippen LogP contribution < -0.4 is 10.1 Å². The molecular formula is C22H28N2O3S. The average molecular weight is 401 g/mol. The average Bonchev–Trinajstić information content (AvgIpc) is 2.74. The predicted molar refractivity (Wildman–Crippen MR) is 113 cm³/mol. The number of methoxy groups -OCH3 is 1. The Morgan fingerprint density at radius 2 is 1.82 bits per heavy atom. The molecule has 150 valence electrons. The van der Waals surface area contributed by atoms with E-state index in [1.54, 1.807) is 7.11 Å². The second-order valence-corrected chi connectivity index (χ2v) is 7.87. The molecule has 0 saturated carbocycles. The third-order valence-electron chi connectivity index (χ3n) is 4.87. The fourth-order valence-corrected chi connectivity index (χ4v) is 4.23. The maximum atomic E-state index is 12.6. The van der Waals surface area contributed by atoms with Gasteiger partial charge in [-0.2, -0.15) is 0 Å². The van der Waals surface area contributed by atoms with E-state index in [2.05, 4.69) is 41.4 Å². The molecule has 1 aliphatic rings. The molecule has 3 rings (SSSR count). The molecule has 0 spiro atoms. The normalized spacial score (nSPS) is 16.9. The number of nitrogens with one attached hydrogen (secondary N) is 1. The van der Waals surface area contributed by atoms with Crippen LogP contribution in [0.4, 0.5) is 0 Å². The summed E-state index contributed by atoms with van der Waals surface area (Å²) in [5.41, 5.74) is 1.22. The summed E-state index contributed by atoms with van der Waals surface area (Å²) < 4.78 is 10.7. The maximum absolute atomic E-state index is 12.6. The quantitative estimate of drug-likeness (QED) is 0.689. The van der Waals surface area contributed by atoms with E-state index in [9.17, 15) is 4.79 Å². The summed E-state index contributed by atoms with van der Waals surface area (Å²) in [6.45, 7) is 5.30. The molecule has 1 aliphatic heterocycles. The van der Waals surface area contributed by atoms with Gasteiger partial charge in [0, 0.05) is 24.0 Å². The van der Waals surface area contributed by atoms with Gasteiger partial charge < -0.3 is 14.8 Å². The fourth-order valence-electron chi connectivity index (χ4n) is 3.52. The lowest BCUT2D eigenvalue weighted by molar-refractivity contribution is -0.119. The van der Waals surface area contributed by atoms with Crippen molar-refractivity contribution in [1.82, 2.24) is 10.2 Å². The van der Waals surface area contributed by atoms with Crippen molar-refractivity contribution in [2.45, 2.75) is 23.9 Å². The Morgan fingerprint density at radius 1 is 1.14 bits per heavy atom. The molecule has 5 nitrogen and oxygen atoms in total. The van der Waals surface area contributed by atoms with Gasteiger partial charge in [-0.15, -0.1) is 11.8 Å². The van der Waals surface area contributed by atoms with E-state index in [1.807, 2.05) is 30.3 Å². The van der Waals surface area contributed by atoms with E-state index in [0.717, 1.165) is 36.9 Å². The molecule has 1 saturated heterocycles. The highest BCUT2D eigenvalue weighted by Gasteiger charge is 2.28. The van der Waals surface area contributed by atoms with E-state index < -0.39 is 0 Å². The standard InChI is InChI=1S/C22H28N2O3S/c1-17(23-21(25)16-28-20-10-8-19(26-2)9-11-20)22(18-6-4-3-5-7-18)24-12-14-27-15-13-24/h3-11,17,22H,12-16H2,1-2H3,(H,23,25)/t17-,22-/m0/s1. The third-order valence-corrected chi connectivity index (χ3v) is 5.88. The van der Waals surface area contributed by atoms with Gasteiger partial charge in [-0.1, -0.05) is 30.3 Å². The number of thioether (sulfide) groups is 1. The van der Waals surface area contributed by atoms with Crippen molar-refractivity contribution in [2.75, 3.05) is 39.2 Å². The van der Waals surface area contributed by atoms with Gasteiger partial charge in [0.25, 0.3) is 0 Å². The number of carbonyl (C=O) groups is 1. The molecular weight excluding hydrogens is 372 g/mol. The van der Waals surface area contributed by atoms with Crippen molar-refractivity contribution in [3.63, 3.8) is 0 Å². The highest BCUT2D eigenvalue weighted by Crippen LogP contribution is 2.26. The van der Waals surface area contributed by atoms with Crippen molar-refractivity contribution in [3.8, 4) is 5.75 Å². The molecule has 0 unspecified atom stereocenters. The number of nitrogens with zero attached hydrogens (tertiary/aromatic N) is 1. The molecule has 1 amide bonds. The van der Waals surface area contributed by atoms with Crippen LogP contribution in [0.2, 0.25) is 0 Å². The van der Waals surface area contributed by atoms with Crippen molar-refractivity contribution < 1.29 is 14.3 Å². The van der Waals surface area contributed by atoms with Crippen LogP contribution >= 0.6 is 11.8 Å². The first-order valence-electron chi connectivity index (χ1n) is 9.60. The number of morpholine rings is 1. The zero-order valence-corrected chi connectivity index (χ0v) is 17.3. The minimum absolute atomic E-state index is 0.00414. The van der Waals surface area contributed by atoms with Crippen LogP contribution in [0.3, 0.4) is 0 Å². The van der Waals surface area contributed by atoms with Gasteiger partial charge in [0.1, 0.15) is 5.75 Å². The van der Waals surface area contributed by atoms with Gasteiger partial charge >= 0.3 is 0 Å². The molecule has 0 aliphatic carbocycles. The summed E-state index contributed by atoms with van der Waals surface area (Å²) in [6.07, 6.45) is 0. The number of hydrogen-bond donors (Lipinski definition) is 1. The molecule has 1 heterocycles. The van der Waals surface area contributed by atoms with E-state index in [1.165, 1.54) is 17.3 Å². The topological polar surface area (TPSA) is 50.8 Å². The SMILES string of the molecule is COc1ccc(SCC(=O)N[C@@H](C)[C@@H](c2ccccc2)N2CCOCC2)cc1. The van der Waals surface area contributed by atoms with Gasteiger partial charge in [-0.25, -0.2) is 0 Å². The summed E-state index contributed by atoms with van der Waals surface area (Å²) in [7, 11) is 1.65. The Labute approximate surface area is 171 Å². The minimum Gasteiger partial charge on any atom is -0.497 e. The van der Waals surface area contributed by atoms with E-state index in [0.29, 0.717) is 5.75 Å². The Hall–Kier alpha value is -2.02. The molecule has 0 radical (unpaired) electrons. The van der Waals surface area contributed by atoms with Crippen molar-refractivity contribution >= 4 is 17.7 Å². The Kier molecular flexibility index (Phi) is 7.77. The summed E-state index contributed by atoms with van der Waals surface area (Å²) in [6, 6.07) is 18.3. The van der Waals surface area contributed by atoms with Crippen LogP contribution in [0.25, 0.3) is 0 Å². The van der Waals surface area contributed by atoms with E-state index >= 15 is 0 Å². The summed E-state index contributed by atoms with van der Waals surface area (Å²) >= 11 is 1.53. The van der Waals surface area contributed by atoms with E-state index in [4.69, 9.17) is 9.47 Å². The first-order chi connectivity index (χ1) is 13.7. The predicted octanol–water partition coefficient (Wildman–Crippen LogP) is 3.37. The van der Waals surface area contributed by atoms with Crippen molar-refractivity contribution in [1.29, 1.82) is 0 Å². The molecule has 2 aromatic carbocycles. The lowest BCUT2D eigenvalue weighted by Crippen LogP contribution is -2.48. The lowest BCUT2D eigenvalue weighted by atomic mass is 9.98. The molecule has 0 bridgehead atoms. The third kappa shape index (κ3) is 5.74. The van der Waals surface area contributed by atoms with Crippen molar-refractivity contribution in [3.05, 3.63) is 60.2 Å². The monoisotopic (exact) mass is 400 g/mol. The van der Waals surface area contributed by atoms with Gasteiger partial charge in [0.2, 0.25) is 5.91 Å². The zero-order chi connectivity index (χ0) is 19.8. The van der Waals surface area contributed by atoms with Gasteiger partial charge in [-0.05, 0) is 36.8 Å². The van der Waals surface area contributed by atoms with Gasteiger partial charge in [0.05, 0.1) is 32.1 Å². The molecule has 6 heteroatoms. The number of hydrogen-bond acceptors (Lipinski definition) is 5. The summed E-state index contributed by atoms with van der Waals surface area (Å²) in [5.74, 6) is 1.25. The smallest absolute Gasteiger partial charge is 0.230 e. The first-order valence-corrected chi connectivity index (χ1v) is 10.6. The highest BCUT2D eigenvalue weighted by atomic mass is 32.2. The first kappa shape index (κ1) is 20.7. The van der Waals surface area contributed by atoms with Crippen LogP contribution in [0.5, 0.6) is 5.75 Å². The number of benzene rings is 2. The molecule has 2 aromatic rings. The molecule has 1 N–H and O–H groups in total. The van der Waals surface area contributed by atoms with Crippen LogP contribution in [0.1, 0.15) is 18.5 Å². The maximum Gasteiger partial charge on any atom is 0.230 e. The lowest BCUT2D eigenvalue weighted by Gasteiger charge is -2.38. The van der Waals surface area contributed by atoms with Crippen LogP contribution in [0.15, 0.2) is 59.5 Å². The highest BCUT2D eigenvalue weighted by molar-refractivity contribution is 8.00. The number of amides is 1. The van der Waals surface area contributed by atoms with Crippen LogP contribution in [0, 0.1) is 0 Å².